The number of carbonyl (C=O) groups is 1. The van der Waals surface area contributed by atoms with Crippen molar-refractivity contribution < 1.29 is 4.79 Å². The van der Waals surface area contributed by atoms with Crippen molar-refractivity contribution in [2.24, 2.45) is 0 Å². The lowest BCUT2D eigenvalue weighted by Crippen LogP contribution is -2.22. The number of rotatable bonds is 9. The molecule has 2 aromatic heterocycles. The van der Waals surface area contributed by atoms with E-state index in [0.29, 0.717) is 26.8 Å². The second-order valence-electron chi connectivity index (χ2n) is 7.39. The number of aromatic nitrogens is 5. The van der Waals surface area contributed by atoms with Crippen molar-refractivity contribution >= 4 is 51.4 Å². The summed E-state index contributed by atoms with van der Waals surface area (Å²) in [4.78, 5) is 18.5. The van der Waals surface area contributed by atoms with Crippen molar-refractivity contribution in [2.75, 3.05) is 4.90 Å². The molecule has 2 aromatic carbocycles. The zero-order chi connectivity index (χ0) is 23.2. The van der Waals surface area contributed by atoms with E-state index in [1.54, 1.807) is 21.7 Å². The Hall–Kier alpha value is -2.75. The molecular weight excluding hydrogens is 476 g/mol. The lowest BCUT2D eigenvalue weighted by Gasteiger charge is -2.18. The van der Waals surface area contributed by atoms with Gasteiger partial charge in [-0.3, -0.25) is 9.69 Å². The summed E-state index contributed by atoms with van der Waals surface area (Å²) in [5.41, 5.74) is 3.77. The number of nitrogens with zero attached hydrogens (tertiary/aromatic N) is 6. The quantitative estimate of drug-likeness (QED) is 0.260. The third kappa shape index (κ3) is 5.79. The van der Waals surface area contributed by atoms with E-state index in [9.17, 15) is 4.79 Å². The number of thiazole rings is 1. The molecule has 10 heteroatoms. The highest BCUT2D eigenvalue weighted by Gasteiger charge is 2.19. The average Bonchev–Trinajstić information content (AvgIpc) is 3.46. The molecule has 0 aliphatic rings. The number of hydrogen-bond acceptors (Lipinski definition) is 7. The molecule has 0 unspecified atom stereocenters. The van der Waals surface area contributed by atoms with Crippen LogP contribution in [0, 0.1) is 0 Å². The molecule has 0 spiro atoms. The first kappa shape index (κ1) is 23.4. The molecule has 0 bridgehead atoms. The van der Waals surface area contributed by atoms with Crippen LogP contribution in [-0.4, -0.2) is 31.1 Å². The lowest BCUT2D eigenvalue weighted by atomic mass is 10.1. The number of aryl methyl sites for hydroxylation is 1. The number of amides is 1. The summed E-state index contributed by atoms with van der Waals surface area (Å²) in [5, 5.41) is 16.0. The van der Waals surface area contributed by atoms with Gasteiger partial charge in [0.25, 0.3) is 0 Å². The first-order valence-electron chi connectivity index (χ1n) is 10.6. The first-order chi connectivity index (χ1) is 16.0. The Bertz CT molecular complexity index is 1220. The van der Waals surface area contributed by atoms with Crippen molar-refractivity contribution in [3.63, 3.8) is 0 Å². The fraction of sp³-hybridized carbons (Fsp3) is 0.261. The second kappa shape index (κ2) is 10.9. The highest BCUT2D eigenvalue weighted by atomic mass is 35.5. The van der Waals surface area contributed by atoms with E-state index in [2.05, 4.69) is 39.6 Å². The number of hydrogen-bond donors (Lipinski definition) is 0. The van der Waals surface area contributed by atoms with Crippen molar-refractivity contribution in [1.82, 2.24) is 25.2 Å². The van der Waals surface area contributed by atoms with E-state index in [-0.39, 0.29) is 5.91 Å². The SMILES string of the molecule is CCCCc1ccc(-n2nnnc2SCc2csc(N(C(C)=O)c3cccc(Cl)c3)n2)cc1. The standard InChI is InChI=1S/C23H23ClN6OS2/c1-3-4-6-17-9-11-20(12-10-17)30-23(26-27-28-30)33-15-19-14-32-22(25-19)29(16(2)31)21-8-5-7-18(24)13-21/h5,7-14H,3-4,6,15H2,1-2H3. The minimum absolute atomic E-state index is 0.128. The fourth-order valence-electron chi connectivity index (χ4n) is 3.26. The molecule has 33 heavy (non-hydrogen) atoms. The molecule has 170 valence electrons. The maximum absolute atomic E-state index is 12.3. The molecule has 0 saturated carbocycles. The van der Waals surface area contributed by atoms with Crippen LogP contribution in [0.4, 0.5) is 10.8 Å². The third-order valence-corrected chi connectivity index (χ3v) is 6.96. The monoisotopic (exact) mass is 498 g/mol. The minimum Gasteiger partial charge on any atom is -0.274 e. The van der Waals surface area contributed by atoms with Gasteiger partial charge in [0, 0.05) is 23.1 Å². The summed E-state index contributed by atoms with van der Waals surface area (Å²) in [6, 6.07) is 15.5. The summed E-state index contributed by atoms with van der Waals surface area (Å²) in [6.45, 7) is 3.71. The Morgan fingerprint density at radius 2 is 2.03 bits per heavy atom. The van der Waals surface area contributed by atoms with Gasteiger partial charge in [0.2, 0.25) is 11.1 Å². The van der Waals surface area contributed by atoms with Crippen molar-refractivity contribution in [2.45, 2.75) is 44.0 Å². The Kier molecular flexibility index (Phi) is 7.74. The van der Waals surface area contributed by atoms with Crippen molar-refractivity contribution in [3.8, 4) is 5.69 Å². The maximum atomic E-state index is 12.3. The third-order valence-electron chi connectivity index (χ3n) is 4.90. The van der Waals surface area contributed by atoms with Crippen LogP contribution in [0.25, 0.3) is 5.69 Å². The summed E-state index contributed by atoms with van der Waals surface area (Å²) >= 11 is 9.02. The van der Waals surface area contributed by atoms with Gasteiger partial charge in [-0.1, -0.05) is 54.9 Å². The average molecular weight is 499 g/mol. The summed E-state index contributed by atoms with van der Waals surface area (Å²) < 4.78 is 1.73. The van der Waals surface area contributed by atoms with Crippen LogP contribution in [0.1, 0.15) is 37.9 Å². The number of anilines is 2. The van der Waals surface area contributed by atoms with Gasteiger partial charge in [0.05, 0.1) is 17.1 Å². The van der Waals surface area contributed by atoms with Crippen LogP contribution in [0.2, 0.25) is 5.02 Å². The molecular formula is C23H23ClN6OS2. The number of carbonyl (C=O) groups excluding carboxylic acids is 1. The highest BCUT2D eigenvalue weighted by molar-refractivity contribution is 7.98. The minimum atomic E-state index is -0.128. The van der Waals surface area contributed by atoms with E-state index in [1.807, 2.05) is 29.6 Å². The largest absolute Gasteiger partial charge is 0.274 e. The predicted molar refractivity (Wildman–Crippen MR) is 134 cm³/mol. The van der Waals surface area contributed by atoms with E-state index in [0.717, 1.165) is 17.8 Å². The van der Waals surface area contributed by atoms with Gasteiger partial charge in [-0.2, -0.15) is 4.68 Å². The van der Waals surface area contributed by atoms with Gasteiger partial charge in [-0.15, -0.1) is 16.4 Å². The molecule has 0 aliphatic carbocycles. The molecule has 4 aromatic rings. The van der Waals surface area contributed by atoms with E-state index >= 15 is 0 Å². The molecule has 0 fully saturated rings. The van der Waals surface area contributed by atoms with Gasteiger partial charge in [0.15, 0.2) is 5.13 Å². The Morgan fingerprint density at radius 3 is 2.76 bits per heavy atom. The van der Waals surface area contributed by atoms with Gasteiger partial charge in [-0.25, -0.2) is 4.98 Å². The molecule has 0 saturated heterocycles. The van der Waals surface area contributed by atoms with Crippen LogP contribution in [0.15, 0.2) is 59.1 Å². The molecule has 2 heterocycles. The van der Waals surface area contributed by atoms with Gasteiger partial charge in [-0.05, 0) is 59.2 Å². The van der Waals surface area contributed by atoms with Crippen molar-refractivity contribution in [3.05, 3.63) is 70.2 Å². The van der Waals surface area contributed by atoms with Crippen LogP contribution in [0.3, 0.4) is 0 Å². The molecule has 4 rings (SSSR count). The van der Waals surface area contributed by atoms with E-state index < -0.39 is 0 Å². The summed E-state index contributed by atoms with van der Waals surface area (Å²) in [7, 11) is 0. The summed E-state index contributed by atoms with van der Waals surface area (Å²) in [5.74, 6) is 0.448. The smallest absolute Gasteiger partial charge is 0.230 e. The van der Waals surface area contributed by atoms with Gasteiger partial charge < -0.3 is 0 Å². The van der Waals surface area contributed by atoms with Crippen molar-refractivity contribution in [1.29, 1.82) is 0 Å². The number of benzene rings is 2. The maximum Gasteiger partial charge on any atom is 0.230 e. The Balaban J connectivity index is 1.46. The highest BCUT2D eigenvalue weighted by Crippen LogP contribution is 2.32. The first-order valence-corrected chi connectivity index (χ1v) is 12.8. The molecule has 1 amide bonds. The predicted octanol–water partition coefficient (Wildman–Crippen LogP) is 6.09. The van der Waals surface area contributed by atoms with Gasteiger partial charge in [0.1, 0.15) is 0 Å². The fourth-order valence-corrected chi connectivity index (χ4v) is 5.22. The number of unbranched alkanes of at least 4 members (excludes halogenated alkanes) is 1. The Labute approximate surface area is 205 Å². The van der Waals surface area contributed by atoms with Crippen LogP contribution in [0.5, 0.6) is 0 Å². The molecule has 0 N–H and O–H groups in total. The number of halogens is 1. The van der Waals surface area contributed by atoms with Crippen LogP contribution >= 0.6 is 34.7 Å². The van der Waals surface area contributed by atoms with E-state index in [4.69, 9.17) is 11.6 Å². The van der Waals surface area contributed by atoms with Crippen LogP contribution < -0.4 is 4.90 Å². The topological polar surface area (TPSA) is 76.8 Å². The summed E-state index contributed by atoms with van der Waals surface area (Å²) in [6.07, 6.45) is 3.43. The number of tetrazole rings is 1. The van der Waals surface area contributed by atoms with Gasteiger partial charge >= 0.3 is 0 Å². The number of thioether (sulfide) groups is 1. The van der Waals surface area contributed by atoms with E-state index in [1.165, 1.54) is 48.4 Å². The zero-order valence-electron chi connectivity index (χ0n) is 18.3. The normalized spacial score (nSPS) is 11.0. The lowest BCUT2D eigenvalue weighted by molar-refractivity contribution is -0.115. The molecule has 0 atom stereocenters. The molecule has 0 aliphatic heterocycles. The second-order valence-corrected chi connectivity index (χ2v) is 9.60. The molecule has 7 nitrogen and oxygen atoms in total. The molecule has 0 radical (unpaired) electrons. The zero-order valence-corrected chi connectivity index (χ0v) is 20.7. The van der Waals surface area contributed by atoms with Crippen LogP contribution in [-0.2, 0) is 17.0 Å². The Morgan fingerprint density at radius 1 is 1.21 bits per heavy atom.